The molecule has 4 heteroatoms. The lowest BCUT2D eigenvalue weighted by molar-refractivity contribution is 0.230. The van der Waals surface area contributed by atoms with Crippen molar-refractivity contribution in [3.8, 4) is 0 Å². The Hall–Kier alpha value is -1.58. The van der Waals surface area contributed by atoms with Crippen molar-refractivity contribution in [2.45, 2.75) is 38.6 Å². The molecule has 108 valence electrons. The molecule has 2 fully saturated rings. The fourth-order valence-electron chi connectivity index (χ4n) is 3.92. The van der Waals surface area contributed by atoms with Gasteiger partial charge in [0.2, 0.25) is 0 Å². The van der Waals surface area contributed by atoms with Gasteiger partial charge < -0.3 is 10.6 Å². The quantitative estimate of drug-likeness (QED) is 0.867. The third-order valence-electron chi connectivity index (χ3n) is 4.90. The molecular weight excluding hydrogens is 255 g/mol. The number of hydrogen-bond acceptors (Lipinski definition) is 1. The predicted octanol–water partition coefficient (Wildman–Crippen LogP) is 3.77. The SMILES string of the molecule is CC(NC(=O)Nc1ccc(F)cc1)C1CC2CCC1C2. The monoisotopic (exact) mass is 276 g/mol. The zero-order chi connectivity index (χ0) is 14.1. The van der Waals surface area contributed by atoms with E-state index in [1.165, 1.54) is 37.8 Å². The van der Waals surface area contributed by atoms with E-state index >= 15 is 0 Å². The number of amides is 2. The molecule has 2 saturated carbocycles. The smallest absolute Gasteiger partial charge is 0.319 e. The Morgan fingerprint density at radius 3 is 2.60 bits per heavy atom. The van der Waals surface area contributed by atoms with Gasteiger partial charge in [-0.15, -0.1) is 0 Å². The molecular formula is C16H21FN2O. The van der Waals surface area contributed by atoms with Gasteiger partial charge in [-0.25, -0.2) is 9.18 Å². The third kappa shape index (κ3) is 2.79. The summed E-state index contributed by atoms with van der Waals surface area (Å²) >= 11 is 0. The first-order valence-corrected chi connectivity index (χ1v) is 7.45. The number of halogens is 1. The number of rotatable bonds is 3. The van der Waals surface area contributed by atoms with E-state index in [4.69, 9.17) is 0 Å². The van der Waals surface area contributed by atoms with Crippen LogP contribution in [0.4, 0.5) is 14.9 Å². The molecule has 3 nitrogen and oxygen atoms in total. The fourth-order valence-corrected chi connectivity index (χ4v) is 3.92. The fraction of sp³-hybridized carbons (Fsp3) is 0.562. The number of fused-ring (bicyclic) bond motifs is 2. The Morgan fingerprint density at radius 1 is 1.25 bits per heavy atom. The van der Waals surface area contributed by atoms with Gasteiger partial charge in [0.15, 0.2) is 0 Å². The Labute approximate surface area is 118 Å². The molecule has 0 aromatic heterocycles. The molecule has 1 aromatic rings. The van der Waals surface area contributed by atoms with Crippen molar-refractivity contribution in [2.24, 2.45) is 17.8 Å². The Balaban J connectivity index is 1.52. The minimum Gasteiger partial charge on any atom is -0.335 e. The molecule has 2 aliphatic carbocycles. The van der Waals surface area contributed by atoms with Crippen LogP contribution >= 0.6 is 0 Å². The lowest BCUT2D eigenvalue weighted by atomic mass is 9.84. The van der Waals surface area contributed by atoms with Crippen molar-refractivity contribution in [1.82, 2.24) is 5.32 Å². The second-order valence-corrected chi connectivity index (χ2v) is 6.23. The number of hydrogen-bond donors (Lipinski definition) is 2. The van der Waals surface area contributed by atoms with Gasteiger partial charge >= 0.3 is 6.03 Å². The molecule has 3 rings (SSSR count). The van der Waals surface area contributed by atoms with Crippen LogP contribution in [0.3, 0.4) is 0 Å². The highest BCUT2D eigenvalue weighted by Crippen LogP contribution is 2.49. The number of urea groups is 1. The van der Waals surface area contributed by atoms with Crippen molar-refractivity contribution in [3.05, 3.63) is 30.1 Å². The van der Waals surface area contributed by atoms with Gasteiger partial charge in [0.25, 0.3) is 0 Å². The van der Waals surface area contributed by atoms with E-state index < -0.39 is 0 Å². The summed E-state index contributed by atoms with van der Waals surface area (Å²) < 4.78 is 12.8. The van der Waals surface area contributed by atoms with E-state index in [-0.39, 0.29) is 17.9 Å². The minimum absolute atomic E-state index is 0.200. The Morgan fingerprint density at radius 2 is 2.00 bits per heavy atom. The number of nitrogens with one attached hydrogen (secondary N) is 2. The normalized spacial score (nSPS) is 29.2. The summed E-state index contributed by atoms with van der Waals surface area (Å²) in [6, 6.07) is 5.82. The maximum Gasteiger partial charge on any atom is 0.319 e. The standard InChI is InChI=1S/C16H21FN2O/c1-10(15-9-11-2-3-12(15)8-11)18-16(20)19-14-6-4-13(17)5-7-14/h4-7,10-12,15H,2-3,8-9H2,1H3,(H2,18,19,20). The highest BCUT2D eigenvalue weighted by molar-refractivity contribution is 5.89. The zero-order valence-electron chi connectivity index (χ0n) is 11.7. The summed E-state index contributed by atoms with van der Waals surface area (Å²) in [5.41, 5.74) is 0.615. The van der Waals surface area contributed by atoms with Crippen LogP contribution in [-0.2, 0) is 0 Å². The van der Waals surface area contributed by atoms with Crippen LogP contribution in [0.5, 0.6) is 0 Å². The van der Waals surface area contributed by atoms with Crippen LogP contribution in [0, 0.1) is 23.6 Å². The van der Waals surface area contributed by atoms with Crippen LogP contribution in [-0.4, -0.2) is 12.1 Å². The van der Waals surface area contributed by atoms with Gasteiger partial charge in [-0.05, 0) is 68.2 Å². The first kappa shape index (κ1) is 13.4. The second-order valence-electron chi connectivity index (χ2n) is 6.23. The largest absolute Gasteiger partial charge is 0.335 e. The lowest BCUT2D eigenvalue weighted by Crippen LogP contribution is -2.42. The Kier molecular flexibility index (Phi) is 3.64. The number of carbonyl (C=O) groups excluding carboxylic acids is 1. The second kappa shape index (κ2) is 5.43. The van der Waals surface area contributed by atoms with E-state index in [1.54, 1.807) is 12.1 Å². The van der Waals surface area contributed by atoms with Crippen LogP contribution in [0.15, 0.2) is 24.3 Å². The summed E-state index contributed by atoms with van der Waals surface area (Å²) in [7, 11) is 0. The highest BCUT2D eigenvalue weighted by Gasteiger charge is 2.42. The van der Waals surface area contributed by atoms with Gasteiger partial charge in [0.1, 0.15) is 5.82 Å². The molecule has 20 heavy (non-hydrogen) atoms. The van der Waals surface area contributed by atoms with Gasteiger partial charge in [-0.3, -0.25) is 0 Å². The predicted molar refractivity (Wildman–Crippen MR) is 77.0 cm³/mol. The molecule has 0 saturated heterocycles. The zero-order valence-corrected chi connectivity index (χ0v) is 11.7. The summed E-state index contributed by atoms with van der Waals surface area (Å²) in [6.07, 6.45) is 5.29. The maximum atomic E-state index is 12.8. The molecule has 2 aliphatic rings. The van der Waals surface area contributed by atoms with E-state index in [0.29, 0.717) is 11.6 Å². The Bertz CT molecular complexity index is 488. The van der Waals surface area contributed by atoms with Gasteiger partial charge in [-0.1, -0.05) is 6.42 Å². The van der Waals surface area contributed by atoms with Crippen LogP contribution in [0.1, 0.15) is 32.6 Å². The van der Waals surface area contributed by atoms with Crippen LogP contribution in [0.25, 0.3) is 0 Å². The van der Waals surface area contributed by atoms with E-state index in [0.717, 1.165) is 11.8 Å². The summed E-state index contributed by atoms with van der Waals surface area (Å²) in [6.45, 7) is 2.09. The number of anilines is 1. The summed E-state index contributed by atoms with van der Waals surface area (Å²) in [5, 5.41) is 5.78. The molecule has 0 heterocycles. The van der Waals surface area contributed by atoms with Crippen molar-refractivity contribution >= 4 is 11.7 Å². The number of benzene rings is 1. The van der Waals surface area contributed by atoms with Crippen molar-refractivity contribution in [1.29, 1.82) is 0 Å². The van der Waals surface area contributed by atoms with Crippen LogP contribution in [0.2, 0.25) is 0 Å². The maximum absolute atomic E-state index is 12.8. The van der Waals surface area contributed by atoms with Gasteiger partial charge in [0.05, 0.1) is 0 Å². The topological polar surface area (TPSA) is 41.1 Å². The van der Waals surface area contributed by atoms with E-state index in [1.807, 2.05) is 0 Å². The first-order valence-electron chi connectivity index (χ1n) is 7.45. The molecule has 4 atom stereocenters. The molecule has 1 aromatic carbocycles. The number of carbonyl (C=O) groups is 1. The van der Waals surface area contributed by atoms with Gasteiger partial charge in [-0.2, -0.15) is 0 Å². The van der Waals surface area contributed by atoms with Gasteiger partial charge in [0, 0.05) is 11.7 Å². The molecule has 0 radical (unpaired) electrons. The highest BCUT2D eigenvalue weighted by atomic mass is 19.1. The van der Waals surface area contributed by atoms with Crippen LogP contribution < -0.4 is 10.6 Å². The minimum atomic E-state index is -0.300. The molecule has 2 bridgehead atoms. The van der Waals surface area contributed by atoms with Crippen molar-refractivity contribution in [3.63, 3.8) is 0 Å². The van der Waals surface area contributed by atoms with Crippen molar-refractivity contribution < 1.29 is 9.18 Å². The van der Waals surface area contributed by atoms with Crippen molar-refractivity contribution in [2.75, 3.05) is 5.32 Å². The molecule has 0 aliphatic heterocycles. The third-order valence-corrected chi connectivity index (χ3v) is 4.90. The first-order chi connectivity index (χ1) is 9.61. The summed E-state index contributed by atoms with van der Waals surface area (Å²) in [5.74, 6) is 1.99. The molecule has 4 unspecified atom stereocenters. The average Bonchev–Trinajstić information content (AvgIpc) is 3.03. The lowest BCUT2D eigenvalue weighted by Gasteiger charge is -2.28. The molecule has 0 spiro atoms. The average molecular weight is 276 g/mol. The molecule has 2 N–H and O–H groups in total. The summed E-state index contributed by atoms with van der Waals surface area (Å²) in [4.78, 5) is 12.0. The molecule has 2 amide bonds. The van der Waals surface area contributed by atoms with E-state index in [9.17, 15) is 9.18 Å². The van der Waals surface area contributed by atoms with E-state index in [2.05, 4.69) is 17.6 Å².